The highest BCUT2D eigenvalue weighted by atomic mass is 32.1. The van der Waals surface area contributed by atoms with Crippen LogP contribution in [0.2, 0.25) is 0 Å². The monoisotopic (exact) mass is 395 g/mol. The molecular weight excluding hydrogens is 374 g/mol. The van der Waals surface area contributed by atoms with Crippen LogP contribution < -0.4 is 15.1 Å². The van der Waals surface area contributed by atoms with Crippen molar-refractivity contribution in [1.82, 2.24) is 19.9 Å². The number of amides is 1. The molecule has 8 nitrogen and oxygen atoms in total. The molecule has 1 N–H and O–H groups in total. The number of aromatic nitrogens is 4. The van der Waals surface area contributed by atoms with Crippen LogP contribution in [0.3, 0.4) is 0 Å². The minimum Gasteiger partial charge on any atom is -0.353 e. The van der Waals surface area contributed by atoms with E-state index >= 15 is 0 Å². The zero-order valence-corrected chi connectivity index (χ0v) is 16.6. The van der Waals surface area contributed by atoms with Gasteiger partial charge in [0.15, 0.2) is 0 Å². The van der Waals surface area contributed by atoms with Gasteiger partial charge in [-0.15, -0.1) is 11.3 Å². The highest BCUT2D eigenvalue weighted by Crippen LogP contribution is 2.20. The summed E-state index contributed by atoms with van der Waals surface area (Å²) < 4.78 is 0. The summed E-state index contributed by atoms with van der Waals surface area (Å²) in [7, 11) is 0. The van der Waals surface area contributed by atoms with Crippen LogP contribution in [0.4, 0.5) is 17.6 Å². The average molecular weight is 395 g/mol. The maximum absolute atomic E-state index is 12.5. The molecule has 0 unspecified atom stereocenters. The quantitative estimate of drug-likeness (QED) is 0.726. The first kappa shape index (κ1) is 18.3. The molecule has 0 bridgehead atoms. The Kier molecular flexibility index (Phi) is 5.16. The first-order valence-electron chi connectivity index (χ1n) is 9.09. The maximum Gasteiger partial charge on any atom is 0.270 e. The number of pyridine rings is 1. The molecule has 144 valence electrons. The Hall–Kier alpha value is -3.07. The van der Waals surface area contributed by atoms with E-state index in [1.54, 1.807) is 6.20 Å². The Morgan fingerprint density at radius 1 is 0.964 bits per heavy atom. The molecule has 0 spiro atoms. The van der Waals surface area contributed by atoms with Crippen LogP contribution in [0.15, 0.2) is 36.7 Å². The summed E-state index contributed by atoms with van der Waals surface area (Å²) in [5.41, 5.74) is 0.724. The Balaban J connectivity index is 1.42. The standard InChI is InChI=1S/C19H21N7OS/c1-13-17(28-14(2)22-13)18(27)24-19-21-8-6-16(23-19)26-11-9-25(10-12-26)15-5-3-4-7-20-15/h3-8H,9-12H2,1-2H3,(H,21,23,24,27). The molecule has 28 heavy (non-hydrogen) atoms. The van der Waals surface area contributed by atoms with E-state index < -0.39 is 0 Å². The molecule has 3 aromatic rings. The van der Waals surface area contributed by atoms with Crippen LogP contribution in [0.25, 0.3) is 0 Å². The van der Waals surface area contributed by atoms with Crippen molar-refractivity contribution < 1.29 is 4.79 Å². The first-order valence-corrected chi connectivity index (χ1v) is 9.91. The summed E-state index contributed by atoms with van der Waals surface area (Å²) in [5, 5.41) is 3.65. The fraction of sp³-hybridized carbons (Fsp3) is 0.316. The van der Waals surface area contributed by atoms with Gasteiger partial charge in [-0.05, 0) is 32.0 Å². The molecule has 0 atom stereocenters. The summed E-state index contributed by atoms with van der Waals surface area (Å²) in [5.74, 6) is 1.89. The lowest BCUT2D eigenvalue weighted by Crippen LogP contribution is -2.47. The van der Waals surface area contributed by atoms with Gasteiger partial charge in [0.2, 0.25) is 5.95 Å². The second-order valence-corrected chi connectivity index (χ2v) is 7.71. The molecule has 4 rings (SSSR count). The zero-order chi connectivity index (χ0) is 19.5. The van der Waals surface area contributed by atoms with Crippen molar-refractivity contribution in [2.24, 2.45) is 0 Å². The number of piperazine rings is 1. The molecule has 1 saturated heterocycles. The maximum atomic E-state index is 12.5. The van der Waals surface area contributed by atoms with E-state index in [-0.39, 0.29) is 5.91 Å². The van der Waals surface area contributed by atoms with Crippen molar-refractivity contribution in [3.05, 3.63) is 52.2 Å². The Morgan fingerprint density at radius 3 is 2.36 bits per heavy atom. The third kappa shape index (κ3) is 3.94. The Labute approximate surface area is 167 Å². The molecule has 1 aliphatic heterocycles. The van der Waals surface area contributed by atoms with Crippen LogP contribution in [-0.2, 0) is 0 Å². The average Bonchev–Trinajstić information content (AvgIpc) is 3.07. The normalized spacial score (nSPS) is 14.2. The van der Waals surface area contributed by atoms with E-state index in [1.807, 2.05) is 44.3 Å². The van der Waals surface area contributed by atoms with Crippen LogP contribution in [0.1, 0.15) is 20.4 Å². The van der Waals surface area contributed by atoms with Crippen LogP contribution in [0, 0.1) is 13.8 Å². The van der Waals surface area contributed by atoms with E-state index in [2.05, 4.69) is 35.1 Å². The summed E-state index contributed by atoms with van der Waals surface area (Å²) in [4.78, 5) is 35.0. The highest BCUT2D eigenvalue weighted by Gasteiger charge is 2.20. The van der Waals surface area contributed by atoms with Gasteiger partial charge in [0.25, 0.3) is 5.91 Å². The largest absolute Gasteiger partial charge is 0.353 e. The van der Waals surface area contributed by atoms with Gasteiger partial charge in [-0.3, -0.25) is 10.1 Å². The topological polar surface area (TPSA) is 87.1 Å². The SMILES string of the molecule is Cc1nc(C)c(C(=O)Nc2nccc(N3CCN(c4ccccn4)CC3)n2)s1. The van der Waals surface area contributed by atoms with Gasteiger partial charge in [0.05, 0.1) is 10.7 Å². The smallest absolute Gasteiger partial charge is 0.270 e. The molecular formula is C19H21N7OS. The molecule has 0 aliphatic carbocycles. The third-order valence-electron chi connectivity index (χ3n) is 4.55. The van der Waals surface area contributed by atoms with Crippen molar-refractivity contribution in [1.29, 1.82) is 0 Å². The van der Waals surface area contributed by atoms with Gasteiger partial charge < -0.3 is 9.80 Å². The summed E-state index contributed by atoms with van der Waals surface area (Å²) >= 11 is 1.37. The lowest BCUT2D eigenvalue weighted by Gasteiger charge is -2.36. The summed E-state index contributed by atoms with van der Waals surface area (Å²) in [6.07, 6.45) is 3.49. The van der Waals surface area contributed by atoms with Crippen molar-refractivity contribution in [3.8, 4) is 0 Å². The third-order valence-corrected chi connectivity index (χ3v) is 5.62. The minimum atomic E-state index is -0.222. The molecule has 3 aromatic heterocycles. The number of aryl methyl sites for hydroxylation is 2. The molecule has 1 amide bonds. The first-order chi connectivity index (χ1) is 13.6. The molecule has 0 saturated carbocycles. The number of hydrogen-bond acceptors (Lipinski definition) is 8. The van der Waals surface area contributed by atoms with Crippen LogP contribution >= 0.6 is 11.3 Å². The lowest BCUT2D eigenvalue weighted by atomic mass is 10.3. The number of hydrogen-bond donors (Lipinski definition) is 1. The minimum absolute atomic E-state index is 0.222. The van der Waals surface area contributed by atoms with Crippen molar-refractivity contribution in [3.63, 3.8) is 0 Å². The van der Waals surface area contributed by atoms with Gasteiger partial charge >= 0.3 is 0 Å². The Bertz CT molecular complexity index is 967. The Morgan fingerprint density at radius 2 is 1.71 bits per heavy atom. The van der Waals surface area contributed by atoms with E-state index in [4.69, 9.17) is 0 Å². The molecule has 9 heteroatoms. The molecule has 1 aliphatic rings. The number of nitrogens with zero attached hydrogens (tertiary/aromatic N) is 6. The van der Waals surface area contributed by atoms with Crippen LogP contribution in [0.5, 0.6) is 0 Å². The number of thiazole rings is 1. The fourth-order valence-corrected chi connectivity index (χ4v) is 4.01. The fourth-order valence-electron chi connectivity index (χ4n) is 3.19. The number of anilines is 3. The van der Waals surface area contributed by atoms with Crippen LogP contribution in [-0.4, -0.2) is 52.0 Å². The van der Waals surface area contributed by atoms with Gasteiger partial charge in [0, 0.05) is 38.6 Å². The zero-order valence-electron chi connectivity index (χ0n) is 15.8. The number of carbonyl (C=O) groups excluding carboxylic acids is 1. The molecule has 4 heterocycles. The summed E-state index contributed by atoms with van der Waals surface area (Å²) in [6, 6.07) is 7.82. The number of nitrogens with one attached hydrogen (secondary N) is 1. The van der Waals surface area contributed by atoms with Gasteiger partial charge in [-0.25, -0.2) is 15.0 Å². The lowest BCUT2D eigenvalue weighted by molar-refractivity contribution is 0.102. The number of carbonyl (C=O) groups is 1. The van der Waals surface area contributed by atoms with Crippen molar-refractivity contribution in [2.45, 2.75) is 13.8 Å². The van der Waals surface area contributed by atoms with E-state index in [0.29, 0.717) is 10.8 Å². The van der Waals surface area contributed by atoms with E-state index in [1.165, 1.54) is 11.3 Å². The predicted octanol–water partition coefficient (Wildman–Crippen LogP) is 2.52. The predicted molar refractivity (Wildman–Crippen MR) is 110 cm³/mol. The molecule has 1 fully saturated rings. The van der Waals surface area contributed by atoms with Gasteiger partial charge in [0.1, 0.15) is 16.5 Å². The molecule has 0 radical (unpaired) electrons. The number of rotatable bonds is 4. The van der Waals surface area contributed by atoms with E-state index in [9.17, 15) is 4.79 Å². The van der Waals surface area contributed by atoms with Crippen molar-refractivity contribution in [2.75, 3.05) is 41.3 Å². The summed E-state index contributed by atoms with van der Waals surface area (Å²) in [6.45, 7) is 7.10. The van der Waals surface area contributed by atoms with Gasteiger partial charge in [-0.2, -0.15) is 4.98 Å². The van der Waals surface area contributed by atoms with Crippen molar-refractivity contribution >= 4 is 34.8 Å². The second kappa shape index (κ2) is 7.89. The highest BCUT2D eigenvalue weighted by molar-refractivity contribution is 7.13. The van der Waals surface area contributed by atoms with Gasteiger partial charge in [-0.1, -0.05) is 6.07 Å². The van der Waals surface area contributed by atoms with E-state index in [0.717, 1.165) is 48.5 Å². The second-order valence-electron chi connectivity index (χ2n) is 6.50. The molecule has 0 aromatic carbocycles.